The largest absolute Gasteiger partial charge is 0.439 e. The number of nitrogens with two attached hydrogens (primary N) is 1. The summed E-state index contributed by atoms with van der Waals surface area (Å²) in [5.41, 5.74) is 6.33. The van der Waals surface area contributed by atoms with Gasteiger partial charge in [-0.1, -0.05) is 13.8 Å². The molecule has 96 valence electrons. The van der Waals surface area contributed by atoms with Crippen LogP contribution in [0.25, 0.3) is 11.3 Å². The molecular formula is C13H14F2N2O. The van der Waals surface area contributed by atoms with Crippen LogP contribution in [0, 0.1) is 17.6 Å². The summed E-state index contributed by atoms with van der Waals surface area (Å²) in [6.07, 6.45) is 1.46. The van der Waals surface area contributed by atoms with Gasteiger partial charge in [-0.3, -0.25) is 0 Å². The lowest BCUT2D eigenvalue weighted by Gasteiger charge is -2.10. The third-order valence-electron chi connectivity index (χ3n) is 2.73. The third kappa shape index (κ3) is 2.41. The third-order valence-corrected chi connectivity index (χ3v) is 2.73. The van der Waals surface area contributed by atoms with Gasteiger partial charge in [-0.15, -0.1) is 0 Å². The predicted octanol–water partition coefficient (Wildman–Crippen LogP) is 3.28. The molecule has 0 amide bonds. The van der Waals surface area contributed by atoms with Gasteiger partial charge < -0.3 is 10.2 Å². The van der Waals surface area contributed by atoms with Gasteiger partial charge in [-0.2, -0.15) is 0 Å². The first-order valence-electron chi connectivity index (χ1n) is 5.65. The van der Waals surface area contributed by atoms with Crippen molar-refractivity contribution in [1.29, 1.82) is 0 Å². The molecule has 0 saturated heterocycles. The maximum Gasteiger partial charge on any atom is 0.212 e. The quantitative estimate of drug-likeness (QED) is 0.912. The monoisotopic (exact) mass is 252 g/mol. The lowest BCUT2D eigenvalue weighted by atomic mass is 10.1. The van der Waals surface area contributed by atoms with E-state index in [1.54, 1.807) is 0 Å². The van der Waals surface area contributed by atoms with E-state index in [1.807, 2.05) is 13.8 Å². The molecule has 0 aliphatic carbocycles. The van der Waals surface area contributed by atoms with Crippen molar-refractivity contribution >= 4 is 0 Å². The molecule has 0 aliphatic rings. The lowest BCUT2D eigenvalue weighted by molar-refractivity contribution is 0.393. The molecule has 1 unspecified atom stereocenters. The van der Waals surface area contributed by atoms with Crippen molar-refractivity contribution in [2.75, 3.05) is 0 Å². The van der Waals surface area contributed by atoms with Gasteiger partial charge in [-0.25, -0.2) is 13.8 Å². The minimum atomic E-state index is -0.918. The van der Waals surface area contributed by atoms with Crippen LogP contribution in [0.5, 0.6) is 0 Å². The van der Waals surface area contributed by atoms with Crippen LogP contribution in [0.4, 0.5) is 8.78 Å². The fourth-order valence-corrected chi connectivity index (χ4v) is 1.51. The number of rotatable bonds is 3. The molecule has 2 aromatic rings. The molecular weight excluding hydrogens is 238 g/mol. The van der Waals surface area contributed by atoms with E-state index in [9.17, 15) is 8.78 Å². The first-order chi connectivity index (χ1) is 8.49. The van der Waals surface area contributed by atoms with E-state index in [0.29, 0.717) is 17.2 Å². The molecule has 2 N–H and O–H groups in total. The molecule has 18 heavy (non-hydrogen) atoms. The Hall–Kier alpha value is -1.75. The predicted molar refractivity (Wildman–Crippen MR) is 63.6 cm³/mol. The van der Waals surface area contributed by atoms with Gasteiger partial charge in [-0.05, 0) is 24.1 Å². The number of hydrogen-bond donors (Lipinski definition) is 1. The first-order valence-corrected chi connectivity index (χ1v) is 5.65. The lowest BCUT2D eigenvalue weighted by Crippen LogP contribution is -2.16. The van der Waals surface area contributed by atoms with E-state index in [-0.39, 0.29) is 12.0 Å². The molecule has 0 aliphatic heterocycles. The van der Waals surface area contributed by atoms with Crippen LogP contribution in [0.3, 0.4) is 0 Å². The smallest absolute Gasteiger partial charge is 0.212 e. The first kappa shape index (κ1) is 12.7. The Morgan fingerprint density at radius 3 is 2.56 bits per heavy atom. The average molecular weight is 252 g/mol. The molecule has 0 fully saturated rings. The van der Waals surface area contributed by atoms with Gasteiger partial charge in [0.1, 0.15) is 0 Å². The summed E-state index contributed by atoms with van der Waals surface area (Å²) in [6.45, 7) is 3.90. The maximum atomic E-state index is 13.1. The highest BCUT2D eigenvalue weighted by Gasteiger charge is 2.17. The van der Waals surface area contributed by atoms with Crippen LogP contribution in [0.15, 0.2) is 28.8 Å². The van der Waals surface area contributed by atoms with Crippen molar-refractivity contribution in [2.45, 2.75) is 19.9 Å². The zero-order chi connectivity index (χ0) is 13.3. The van der Waals surface area contributed by atoms with E-state index in [0.717, 1.165) is 12.1 Å². The summed E-state index contributed by atoms with van der Waals surface area (Å²) in [7, 11) is 0. The van der Waals surface area contributed by atoms with Crippen molar-refractivity contribution < 1.29 is 13.2 Å². The molecule has 5 heteroatoms. The van der Waals surface area contributed by atoms with Crippen LogP contribution in [0.1, 0.15) is 25.8 Å². The molecule has 0 radical (unpaired) electrons. The Labute approximate surface area is 104 Å². The van der Waals surface area contributed by atoms with E-state index < -0.39 is 11.6 Å². The second-order valence-electron chi connectivity index (χ2n) is 4.46. The molecule has 0 spiro atoms. The van der Waals surface area contributed by atoms with Crippen LogP contribution in [0.2, 0.25) is 0 Å². The maximum absolute atomic E-state index is 13.1. The van der Waals surface area contributed by atoms with Crippen molar-refractivity contribution in [1.82, 2.24) is 4.98 Å². The molecule has 0 bridgehead atoms. The van der Waals surface area contributed by atoms with E-state index in [4.69, 9.17) is 10.2 Å². The Balaban J connectivity index is 2.32. The highest BCUT2D eigenvalue weighted by Crippen LogP contribution is 2.26. The molecule has 3 nitrogen and oxygen atoms in total. The average Bonchev–Trinajstić information content (AvgIpc) is 2.81. The van der Waals surface area contributed by atoms with Gasteiger partial charge in [0.25, 0.3) is 0 Å². The van der Waals surface area contributed by atoms with Crippen molar-refractivity contribution in [3.8, 4) is 11.3 Å². The van der Waals surface area contributed by atoms with Crippen molar-refractivity contribution in [2.24, 2.45) is 11.7 Å². The topological polar surface area (TPSA) is 52.0 Å². The van der Waals surface area contributed by atoms with Crippen molar-refractivity contribution in [3.05, 3.63) is 41.9 Å². The summed E-state index contributed by atoms with van der Waals surface area (Å²) in [6, 6.07) is 3.24. The summed E-state index contributed by atoms with van der Waals surface area (Å²) in [5.74, 6) is -0.859. The Morgan fingerprint density at radius 1 is 1.22 bits per heavy atom. The number of benzene rings is 1. The van der Waals surface area contributed by atoms with Crippen LogP contribution >= 0.6 is 0 Å². The Kier molecular flexibility index (Phi) is 3.43. The van der Waals surface area contributed by atoms with Gasteiger partial charge in [0, 0.05) is 5.56 Å². The standard InChI is InChI=1S/C13H14F2N2O/c1-7(2)12(16)13-17-6-11(18-13)8-3-4-9(14)10(15)5-8/h3-7,12H,16H2,1-2H3. The molecule has 1 heterocycles. The summed E-state index contributed by atoms with van der Waals surface area (Å²) >= 11 is 0. The summed E-state index contributed by atoms with van der Waals surface area (Å²) in [5, 5.41) is 0. The highest BCUT2D eigenvalue weighted by molar-refractivity contribution is 5.56. The van der Waals surface area contributed by atoms with Gasteiger partial charge in [0.05, 0.1) is 12.2 Å². The SMILES string of the molecule is CC(C)C(N)c1ncc(-c2ccc(F)c(F)c2)o1. The number of hydrogen-bond acceptors (Lipinski definition) is 3. The van der Waals surface area contributed by atoms with Crippen LogP contribution < -0.4 is 5.73 Å². The van der Waals surface area contributed by atoms with E-state index in [1.165, 1.54) is 12.3 Å². The van der Waals surface area contributed by atoms with E-state index in [2.05, 4.69) is 4.98 Å². The van der Waals surface area contributed by atoms with Gasteiger partial charge in [0.2, 0.25) is 5.89 Å². The summed E-state index contributed by atoms with van der Waals surface area (Å²) < 4.78 is 31.4. The molecule has 1 atom stereocenters. The molecule has 0 saturated carbocycles. The number of halogens is 2. The normalized spacial score (nSPS) is 13.0. The second kappa shape index (κ2) is 4.86. The van der Waals surface area contributed by atoms with Gasteiger partial charge in [0.15, 0.2) is 17.4 Å². The summed E-state index contributed by atoms with van der Waals surface area (Å²) in [4.78, 5) is 4.06. The minimum Gasteiger partial charge on any atom is -0.439 e. The molecule has 1 aromatic carbocycles. The van der Waals surface area contributed by atoms with Crippen LogP contribution in [-0.4, -0.2) is 4.98 Å². The molecule has 2 rings (SSSR count). The van der Waals surface area contributed by atoms with Gasteiger partial charge >= 0.3 is 0 Å². The van der Waals surface area contributed by atoms with Crippen LogP contribution in [-0.2, 0) is 0 Å². The zero-order valence-corrected chi connectivity index (χ0v) is 10.2. The minimum absolute atomic E-state index is 0.182. The fourth-order valence-electron chi connectivity index (χ4n) is 1.51. The number of aromatic nitrogens is 1. The Morgan fingerprint density at radius 2 is 1.94 bits per heavy atom. The fraction of sp³-hybridized carbons (Fsp3) is 0.308. The number of nitrogens with zero attached hydrogens (tertiary/aromatic N) is 1. The Bertz CT molecular complexity index is 552. The second-order valence-corrected chi connectivity index (χ2v) is 4.46. The highest BCUT2D eigenvalue weighted by atomic mass is 19.2. The van der Waals surface area contributed by atoms with Crippen molar-refractivity contribution in [3.63, 3.8) is 0 Å². The molecule has 1 aromatic heterocycles. The zero-order valence-electron chi connectivity index (χ0n) is 10.2. The number of oxazole rings is 1. The van der Waals surface area contributed by atoms with E-state index >= 15 is 0 Å².